The predicted molar refractivity (Wildman–Crippen MR) is 419 cm³/mol. The van der Waals surface area contributed by atoms with Crippen molar-refractivity contribution in [2.45, 2.75) is 379 Å². The van der Waals surface area contributed by atoms with Crippen LogP contribution in [0.2, 0.25) is 0 Å². The monoisotopic (exact) mass is 1990 g/mol. The summed E-state index contributed by atoms with van der Waals surface area (Å²) in [6.45, 7) is -5.66. The molecule has 11 rings (SSSR count). The zero-order valence-corrected chi connectivity index (χ0v) is 73.4. The fourth-order valence-electron chi connectivity index (χ4n) is 17.7. The highest BCUT2D eigenvalue weighted by Gasteiger charge is 2.63. The van der Waals surface area contributed by atoms with Crippen molar-refractivity contribution in [2.24, 2.45) is 0 Å². The van der Waals surface area contributed by atoms with Crippen LogP contribution in [0.3, 0.4) is 0 Å². The molecule has 5 amide bonds. The lowest BCUT2D eigenvalue weighted by atomic mass is 9.93. The lowest BCUT2D eigenvalue weighted by Crippen LogP contribution is -2.71. The maximum atomic E-state index is 13.4. The standard InChI is InChI=1S/C76H127N5O55/c1-17-38(95)49(106)53(110)71(118-17)116-16-32-62(45(102)33(66(115)119-32)77-18(2)90)130-68-35(79-20(4)92)46(103)60(29(13-88)124-68)133-74-57(114)63(43(100)31(128-74)15-117-75-64(52(109)42(99)26(10-85)123-75)135-69-36(80-21(5)93)47(104)58(27(11-86)125-69)131-72-54(111)50(107)40(97)24(8-83)121-72)134-76-65(56(113)61(30(14-89)127-76)129-67-34(78-19(3)91)44(101)39(96)23(7-82)120-67)136-70-37(81-22(6)94)48(105)59(28(12-87)126-70)132-73-55(112)51(108)41(98)25(9-84)122-73/h17,23-76,82-89,95-115H,7-16H2,1-6H3,(H,77,90)(H,78,91)(H,79,92)(H,80,93)(H,81,94)/t17-,23-,24-,25-,26-,27-,28-,29-,30-,31-,32-,33-,34-,35-,36-,37-,38+,39-,40+,41+,42-,43-,44-,45-,46-,47-,48-,49+,50+,51+,52+,53-,54-,55-,56+,57+,58-,59-,60-,61-,62-,63+,64+,65+,66-,67+,68+,69+,70+,71+,72+,73+,74+,75+,76-/m1/s1. The average molecular weight is 1990 g/mol. The van der Waals surface area contributed by atoms with Crippen LogP contribution in [-0.2, 0) is 123 Å². The lowest BCUT2D eigenvalue weighted by molar-refractivity contribution is -0.405. The Hall–Kier alpha value is -4.65. The molecule has 0 spiro atoms. The quantitative estimate of drug-likeness (QED) is 0.0280. The van der Waals surface area contributed by atoms with Gasteiger partial charge in [-0.3, -0.25) is 24.0 Å². The van der Waals surface area contributed by atoms with E-state index in [4.69, 9.17) is 99.5 Å². The van der Waals surface area contributed by atoms with Crippen molar-refractivity contribution in [2.75, 3.05) is 66.1 Å². The van der Waals surface area contributed by atoms with E-state index < -0.39 is 433 Å². The van der Waals surface area contributed by atoms with Crippen LogP contribution in [0.25, 0.3) is 0 Å². The number of carbonyl (C=O) groups excluding carboxylic acids is 5. The van der Waals surface area contributed by atoms with E-state index in [1.54, 1.807) is 0 Å². The summed E-state index contributed by atoms with van der Waals surface area (Å²) in [7, 11) is 0. The smallest absolute Gasteiger partial charge is 0.217 e. The third kappa shape index (κ3) is 24.8. The minimum atomic E-state index is -2.75. The van der Waals surface area contributed by atoms with E-state index in [-0.39, 0.29) is 0 Å². The Labute approximate surface area is 770 Å². The summed E-state index contributed by atoms with van der Waals surface area (Å²) >= 11 is 0. The van der Waals surface area contributed by atoms with Crippen LogP contribution in [0.15, 0.2) is 0 Å². The van der Waals surface area contributed by atoms with Gasteiger partial charge in [0.1, 0.15) is 262 Å². The van der Waals surface area contributed by atoms with Crippen LogP contribution >= 0.6 is 0 Å². The number of nitrogens with one attached hydrogen (secondary N) is 5. The third-order valence-corrected chi connectivity index (χ3v) is 24.9. The minimum absolute atomic E-state index is 0.872. The van der Waals surface area contributed by atoms with Gasteiger partial charge in [-0.1, -0.05) is 0 Å². The zero-order chi connectivity index (χ0) is 100. The summed E-state index contributed by atoms with van der Waals surface area (Å²) < 4.78 is 126. The number of aliphatic hydroxyl groups excluding tert-OH is 29. The number of rotatable bonds is 35. The van der Waals surface area contributed by atoms with Crippen LogP contribution in [0.4, 0.5) is 0 Å². The van der Waals surface area contributed by atoms with Gasteiger partial charge in [0.25, 0.3) is 0 Å². The van der Waals surface area contributed by atoms with Crippen molar-refractivity contribution in [1.29, 1.82) is 0 Å². The van der Waals surface area contributed by atoms with Gasteiger partial charge in [-0.2, -0.15) is 0 Å². The Bertz CT molecular complexity index is 3760. The molecule has 11 heterocycles. The van der Waals surface area contributed by atoms with Gasteiger partial charge < -0.3 is 274 Å². The molecule has 11 aliphatic rings. The van der Waals surface area contributed by atoms with E-state index in [0.717, 1.165) is 34.6 Å². The molecule has 11 fully saturated rings. The summed E-state index contributed by atoms with van der Waals surface area (Å²) in [6.07, 6.45) is -107. The van der Waals surface area contributed by atoms with Gasteiger partial charge in [0.2, 0.25) is 29.5 Å². The second kappa shape index (κ2) is 48.8. The molecule has 0 saturated carbocycles. The first-order valence-corrected chi connectivity index (χ1v) is 43.5. The minimum Gasteiger partial charge on any atom is -0.394 e. The average Bonchev–Trinajstić information content (AvgIpc) is 0.764. The molecule has 0 unspecified atom stereocenters. The summed E-state index contributed by atoms with van der Waals surface area (Å²) in [5, 5.41) is 339. The molecule has 55 atom stereocenters. The van der Waals surface area contributed by atoms with Crippen LogP contribution in [0.5, 0.6) is 0 Å². The van der Waals surface area contributed by atoms with Crippen molar-refractivity contribution < 1.29 is 272 Å². The molecule has 0 aromatic heterocycles. The summed E-state index contributed by atoms with van der Waals surface area (Å²) in [5.41, 5.74) is 0. The Morgan fingerprint density at radius 3 is 0.860 bits per heavy atom. The van der Waals surface area contributed by atoms with Crippen LogP contribution in [0, 0.1) is 0 Å². The molecule has 0 aliphatic carbocycles. The molecular weight excluding hydrogens is 1860 g/mol. The van der Waals surface area contributed by atoms with E-state index >= 15 is 0 Å². The van der Waals surface area contributed by atoms with Gasteiger partial charge in [-0.05, 0) is 6.92 Å². The molecule has 136 heavy (non-hydrogen) atoms. The van der Waals surface area contributed by atoms with Crippen molar-refractivity contribution >= 4 is 29.5 Å². The topological polar surface area (TPSA) is 926 Å². The van der Waals surface area contributed by atoms with Crippen molar-refractivity contribution in [3.05, 3.63) is 0 Å². The van der Waals surface area contributed by atoms with Crippen LogP contribution in [-0.4, -0.2) is 581 Å². The highest BCUT2D eigenvalue weighted by molar-refractivity contribution is 5.75. The number of aliphatic hydroxyl groups is 29. The molecule has 0 radical (unpaired) electrons. The Kier molecular flexibility index (Phi) is 40.1. The lowest BCUT2D eigenvalue weighted by Gasteiger charge is -2.52. The Balaban J connectivity index is 0.975. The van der Waals surface area contributed by atoms with E-state index in [9.17, 15) is 172 Å². The second-order valence-corrected chi connectivity index (χ2v) is 34.5. The SMILES string of the molecule is CC(=O)N[C@@H]1[C@@H](O)[C@H](O[C@@H]2O[C@H](CO)[C@@H](O[C@@H]3O[C@H](CO[C@H]4O[C@H](CO)[C@@H](O)[C@H](O)[C@@H]4O[C@@H]4O[C@H](CO)[C@@H](O[C@@H]5O[C@H](CO)[C@H](O)[C@H](O)[C@H]5O)[C@H](O)[C@H]4NC(C)=O)[C@@H](O)[C@H](O[C@H]4O[C@H](CO)[C@@H](O[C@@H]5O[C@H](CO)[C@@H](O)[C@H](O)[C@H]5NC(C)=O)[C@H](O)[C@@H]4O[C@@H]4O[C@H](CO)[C@@H](O[C@@H]5O[C@H](CO)[C@H](O)[C@H](O)[C@H]5O)[C@H](O)[C@H]4NC(C)=O)[C@@H]3O)[C@H](O)[C@H]2NC(C)=O)[C@@H](CO[C@H]2O[C@H](C)[C@H](O)[C@H](O)[C@H]2O)O[C@H]1O. The molecule has 0 bridgehead atoms. The number of carbonyl (C=O) groups is 5. The van der Waals surface area contributed by atoms with Gasteiger partial charge in [-0.15, -0.1) is 0 Å². The van der Waals surface area contributed by atoms with Gasteiger partial charge in [0.05, 0.1) is 72.2 Å². The molecule has 60 nitrogen and oxygen atoms in total. The van der Waals surface area contributed by atoms with Crippen LogP contribution < -0.4 is 26.6 Å². The van der Waals surface area contributed by atoms with Crippen molar-refractivity contribution in [3.63, 3.8) is 0 Å². The van der Waals surface area contributed by atoms with Gasteiger partial charge in [-0.25, -0.2) is 0 Å². The highest BCUT2D eigenvalue weighted by Crippen LogP contribution is 2.42. The van der Waals surface area contributed by atoms with E-state index in [1.165, 1.54) is 6.92 Å². The van der Waals surface area contributed by atoms with Crippen molar-refractivity contribution in [1.82, 2.24) is 26.6 Å². The number of ether oxygens (including phenoxy) is 21. The molecule has 34 N–H and O–H groups in total. The maximum Gasteiger partial charge on any atom is 0.217 e. The summed E-state index contributed by atoms with van der Waals surface area (Å²) in [5.74, 6) is -4.85. The largest absolute Gasteiger partial charge is 0.394 e. The molecule has 0 aromatic rings. The van der Waals surface area contributed by atoms with Gasteiger partial charge in [0.15, 0.2) is 69.2 Å². The fourth-order valence-corrected chi connectivity index (χ4v) is 17.7. The van der Waals surface area contributed by atoms with Crippen molar-refractivity contribution in [3.8, 4) is 0 Å². The van der Waals surface area contributed by atoms with E-state index in [0.29, 0.717) is 0 Å². The zero-order valence-electron chi connectivity index (χ0n) is 73.4. The fraction of sp³-hybridized carbons (Fsp3) is 0.934. The normalized spacial score (nSPS) is 49.2. The molecular formula is C76H127N5O55. The number of amides is 5. The van der Waals surface area contributed by atoms with Crippen LogP contribution in [0.1, 0.15) is 41.5 Å². The van der Waals surface area contributed by atoms with E-state index in [2.05, 4.69) is 26.6 Å². The first kappa shape index (κ1) is 112. The first-order valence-electron chi connectivity index (χ1n) is 43.5. The van der Waals surface area contributed by atoms with Gasteiger partial charge >= 0.3 is 0 Å². The second-order valence-electron chi connectivity index (χ2n) is 34.5. The molecule has 786 valence electrons. The summed E-state index contributed by atoms with van der Waals surface area (Å²) in [4.78, 5) is 65.2. The Morgan fingerprint density at radius 1 is 0.206 bits per heavy atom. The number of hydrogen-bond donors (Lipinski definition) is 34. The predicted octanol–water partition coefficient (Wildman–Crippen LogP) is -23.2. The Morgan fingerprint density at radius 2 is 0.463 bits per heavy atom. The molecule has 60 heteroatoms. The summed E-state index contributed by atoms with van der Waals surface area (Å²) in [6, 6.07) is -9.85. The molecule has 11 aliphatic heterocycles. The molecule has 11 saturated heterocycles. The van der Waals surface area contributed by atoms with Gasteiger partial charge in [0, 0.05) is 34.6 Å². The number of hydrogen-bond acceptors (Lipinski definition) is 55. The van der Waals surface area contributed by atoms with E-state index in [1.807, 2.05) is 0 Å². The third-order valence-electron chi connectivity index (χ3n) is 24.9. The first-order chi connectivity index (χ1) is 64.3. The highest BCUT2D eigenvalue weighted by atomic mass is 16.8. The molecule has 0 aromatic carbocycles. The maximum absolute atomic E-state index is 13.4.